The van der Waals surface area contributed by atoms with Crippen molar-refractivity contribution in [3.05, 3.63) is 34.6 Å². The van der Waals surface area contributed by atoms with Gasteiger partial charge in [-0.2, -0.15) is 5.26 Å². The Kier molecular flexibility index (Phi) is 5.05. The van der Waals surface area contributed by atoms with Crippen molar-refractivity contribution in [2.75, 3.05) is 0 Å². The zero-order valence-electron chi connectivity index (χ0n) is 12.0. The summed E-state index contributed by atoms with van der Waals surface area (Å²) < 4.78 is 13.9. The molecule has 3 heteroatoms. The van der Waals surface area contributed by atoms with Crippen molar-refractivity contribution in [2.45, 2.75) is 51.9 Å². The largest absolute Gasteiger partial charge is 0.207 e. The van der Waals surface area contributed by atoms with Gasteiger partial charge in [0.1, 0.15) is 5.82 Å². The van der Waals surface area contributed by atoms with E-state index in [0.717, 1.165) is 31.6 Å². The molecule has 20 heavy (non-hydrogen) atoms. The standard InChI is InChI=1S/C17H21ClFN/c1-2-3-13-6-8-17(12-20,9-7-13)11-14-4-5-15(18)10-16(14)19/h4-5,10,13H,2-3,6-9,11H2,1H3. The van der Waals surface area contributed by atoms with Crippen molar-refractivity contribution in [3.63, 3.8) is 0 Å². The fourth-order valence-corrected chi connectivity index (χ4v) is 3.44. The lowest BCUT2D eigenvalue weighted by molar-refractivity contribution is 0.199. The van der Waals surface area contributed by atoms with Crippen LogP contribution in [0.1, 0.15) is 51.0 Å². The van der Waals surface area contributed by atoms with Crippen LogP contribution in [0.2, 0.25) is 5.02 Å². The molecule has 0 bridgehead atoms. The number of nitrogens with zero attached hydrogens (tertiary/aromatic N) is 1. The number of hydrogen-bond donors (Lipinski definition) is 0. The number of nitriles is 1. The molecular weight excluding hydrogens is 273 g/mol. The van der Waals surface area contributed by atoms with Crippen molar-refractivity contribution in [2.24, 2.45) is 11.3 Å². The van der Waals surface area contributed by atoms with Gasteiger partial charge in [-0.05, 0) is 55.7 Å². The van der Waals surface area contributed by atoms with Gasteiger partial charge in [0.05, 0.1) is 11.5 Å². The van der Waals surface area contributed by atoms with Gasteiger partial charge in [-0.15, -0.1) is 0 Å². The van der Waals surface area contributed by atoms with Gasteiger partial charge in [0, 0.05) is 5.02 Å². The lowest BCUT2D eigenvalue weighted by Gasteiger charge is -2.35. The molecule has 2 rings (SSSR count). The maximum Gasteiger partial charge on any atom is 0.127 e. The third-order valence-electron chi connectivity index (χ3n) is 4.54. The molecule has 1 saturated carbocycles. The van der Waals surface area contributed by atoms with Gasteiger partial charge in [0.15, 0.2) is 0 Å². The highest BCUT2D eigenvalue weighted by molar-refractivity contribution is 6.30. The Morgan fingerprint density at radius 3 is 2.65 bits per heavy atom. The average Bonchev–Trinajstić information content (AvgIpc) is 2.45. The monoisotopic (exact) mass is 293 g/mol. The highest BCUT2D eigenvalue weighted by Crippen LogP contribution is 2.42. The molecule has 0 aliphatic heterocycles. The van der Waals surface area contributed by atoms with Crippen LogP contribution in [0.25, 0.3) is 0 Å². The minimum Gasteiger partial charge on any atom is -0.207 e. The quantitative estimate of drug-likeness (QED) is 0.717. The lowest BCUT2D eigenvalue weighted by atomic mass is 9.67. The smallest absolute Gasteiger partial charge is 0.127 e. The maximum atomic E-state index is 13.9. The fraction of sp³-hybridized carbons (Fsp3) is 0.588. The minimum absolute atomic E-state index is 0.289. The molecule has 1 aromatic rings. The molecule has 0 atom stereocenters. The summed E-state index contributed by atoms with van der Waals surface area (Å²) >= 11 is 5.78. The Morgan fingerprint density at radius 2 is 2.10 bits per heavy atom. The normalized spacial score (nSPS) is 26.2. The molecule has 0 unspecified atom stereocenters. The Balaban J connectivity index is 2.08. The highest BCUT2D eigenvalue weighted by Gasteiger charge is 2.35. The Bertz CT molecular complexity index is 498. The van der Waals surface area contributed by atoms with Crippen molar-refractivity contribution in [1.82, 2.24) is 0 Å². The van der Waals surface area contributed by atoms with Crippen molar-refractivity contribution >= 4 is 11.6 Å². The summed E-state index contributed by atoms with van der Waals surface area (Å²) in [5.41, 5.74) is 0.226. The van der Waals surface area contributed by atoms with Crippen LogP contribution in [0.5, 0.6) is 0 Å². The van der Waals surface area contributed by atoms with Crippen molar-refractivity contribution in [1.29, 1.82) is 5.26 Å². The third-order valence-corrected chi connectivity index (χ3v) is 4.78. The zero-order valence-corrected chi connectivity index (χ0v) is 12.7. The van der Waals surface area contributed by atoms with Crippen molar-refractivity contribution in [3.8, 4) is 6.07 Å². The van der Waals surface area contributed by atoms with E-state index in [1.165, 1.54) is 18.9 Å². The first kappa shape index (κ1) is 15.3. The molecule has 0 saturated heterocycles. The predicted octanol–water partition coefficient (Wildman–Crippen LogP) is 5.52. The summed E-state index contributed by atoms with van der Waals surface area (Å²) in [5.74, 6) is 0.458. The van der Waals surface area contributed by atoms with Gasteiger partial charge >= 0.3 is 0 Å². The second kappa shape index (κ2) is 6.59. The van der Waals surface area contributed by atoms with Crippen LogP contribution < -0.4 is 0 Å². The van der Waals surface area contributed by atoms with E-state index in [9.17, 15) is 9.65 Å². The van der Waals surface area contributed by atoms with E-state index in [1.54, 1.807) is 12.1 Å². The highest BCUT2D eigenvalue weighted by atomic mass is 35.5. The first-order valence-electron chi connectivity index (χ1n) is 7.44. The van der Waals surface area contributed by atoms with Crippen LogP contribution in [0, 0.1) is 28.5 Å². The van der Waals surface area contributed by atoms with E-state index in [1.807, 2.05) is 0 Å². The molecule has 0 amide bonds. The van der Waals surface area contributed by atoms with Gasteiger partial charge in [0.2, 0.25) is 0 Å². The molecule has 108 valence electrons. The molecule has 0 N–H and O–H groups in total. The Labute approximate surface area is 125 Å². The number of halogens is 2. The molecule has 1 fully saturated rings. The summed E-state index contributed by atoms with van der Waals surface area (Å²) in [6, 6.07) is 7.23. The molecule has 0 heterocycles. The number of benzene rings is 1. The third kappa shape index (κ3) is 3.52. The van der Waals surface area contributed by atoms with E-state index in [2.05, 4.69) is 13.0 Å². The Morgan fingerprint density at radius 1 is 1.40 bits per heavy atom. The molecular formula is C17H21ClFN. The summed E-state index contributed by atoms with van der Waals surface area (Å²) in [4.78, 5) is 0. The van der Waals surface area contributed by atoms with Crippen LogP contribution in [0.15, 0.2) is 18.2 Å². The van der Waals surface area contributed by atoms with Crippen LogP contribution in [0.3, 0.4) is 0 Å². The van der Waals surface area contributed by atoms with E-state index in [4.69, 9.17) is 11.6 Å². The fourth-order valence-electron chi connectivity index (χ4n) is 3.28. The van der Waals surface area contributed by atoms with E-state index < -0.39 is 0 Å². The first-order valence-corrected chi connectivity index (χ1v) is 7.81. The summed E-state index contributed by atoms with van der Waals surface area (Å²) in [7, 11) is 0. The van der Waals surface area contributed by atoms with Gasteiger partial charge in [-0.1, -0.05) is 37.4 Å². The maximum absolute atomic E-state index is 13.9. The van der Waals surface area contributed by atoms with Gasteiger partial charge in [-0.25, -0.2) is 4.39 Å². The van der Waals surface area contributed by atoms with Crippen LogP contribution in [-0.2, 0) is 6.42 Å². The molecule has 1 aromatic carbocycles. The summed E-state index contributed by atoms with van der Waals surface area (Å²) in [5, 5.41) is 9.97. The minimum atomic E-state index is -0.390. The SMILES string of the molecule is CCCC1CCC(C#N)(Cc2ccc(Cl)cc2F)CC1. The number of rotatable bonds is 4. The topological polar surface area (TPSA) is 23.8 Å². The van der Waals surface area contributed by atoms with Gasteiger partial charge in [-0.3, -0.25) is 0 Å². The molecule has 0 spiro atoms. The van der Waals surface area contributed by atoms with Gasteiger partial charge < -0.3 is 0 Å². The van der Waals surface area contributed by atoms with E-state index >= 15 is 0 Å². The molecule has 0 aromatic heterocycles. The molecule has 1 nitrogen and oxygen atoms in total. The van der Waals surface area contributed by atoms with E-state index in [-0.39, 0.29) is 11.2 Å². The molecule has 1 aliphatic rings. The van der Waals surface area contributed by atoms with Gasteiger partial charge in [0.25, 0.3) is 0 Å². The molecule has 0 radical (unpaired) electrons. The van der Waals surface area contributed by atoms with E-state index in [0.29, 0.717) is 17.0 Å². The van der Waals surface area contributed by atoms with Crippen molar-refractivity contribution < 1.29 is 4.39 Å². The summed E-state index contributed by atoms with van der Waals surface area (Å²) in [6.45, 7) is 2.20. The van der Waals surface area contributed by atoms with Crippen LogP contribution in [0.4, 0.5) is 4.39 Å². The zero-order chi connectivity index (χ0) is 14.6. The van der Waals surface area contributed by atoms with Crippen LogP contribution >= 0.6 is 11.6 Å². The second-order valence-corrected chi connectivity index (χ2v) is 6.47. The average molecular weight is 294 g/mol. The lowest BCUT2D eigenvalue weighted by Crippen LogP contribution is -2.28. The Hall–Kier alpha value is -1.07. The second-order valence-electron chi connectivity index (χ2n) is 6.04. The van der Waals surface area contributed by atoms with Crippen LogP contribution in [-0.4, -0.2) is 0 Å². The molecule has 1 aliphatic carbocycles. The summed E-state index contributed by atoms with van der Waals surface area (Å²) in [6.07, 6.45) is 6.91. The predicted molar refractivity (Wildman–Crippen MR) is 80.0 cm³/mol. The number of hydrogen-bond acceptors (Lipinski definition) is 1. The first-order chi connectivity index (χ1) is 9.58.